The van der Waals surface area contributed by atoms with Crippen LogP contribution in [0.2, 0.25) is 0 Å². The molecule has 1 aliphatic rings. The largest absolute Gasteiger partial charge is 0.391 e. The second-order valence-electron chi connectivity index (χ2n) is 4.64. The van der Waals surface area contributed by atoms with Crippen LogP contribution in [0.5, 0.6) is 0 Å². The number of fused-ring (bicyclic) bond motifs is 1. The van der Waals surface area contributed by atoms with Gasteiger partial charge in [-0.2, -0.15) is 0 Å². The highest BCUT2D eigenvalue weighted by molar-refractivity contribution is 5.80. The van der Waals surface area contributed by atoms with Gasteiger partial charge in [0.1, 0.15) is 5.82 Å². The fraction of sp³-hybridized carbons (Fsp3) is 0.357. The van der Waals surface area contributed by atoms with Crippen LogP contribution in [-0.2, 0) is 0 Å². The van der Waals surface area contributed by atoms with Crippen LogP contribution in [0.4, 0.5) is 5.82 Å². The highest BCUT2D eigenvalue weighted by Gasteiger charge is 2.25. The summed E-state index contributed by atoms with van der Waals surface area (Å²) in [5.74, 6) is 0.856. The van der Waals surface area contributed by atoms with Crippen LogP contribution in [-0.4, -0.2) is 22.2 Å². The lowest BCUT2D eigenvalue weighted by Crippen LogP contribution is -2.28. The van der Waals surface area contributed by atoms with Crippen molar-refractivity contribution in [2.75, 3.05) is 5.32 Å². The molecule has 0 aliphatic heterocycles. The number of nitrogens with one attached hydrogen (secondary N) is 1. The lowest BCUT2D eigenvalue weighted by Gasteiger charge is -2.17. The summed E-state index contributed by atoms with van der Waals surface area (Å²) in [5.41, 5.74) is 0.991. The molecule has 1 aromatic heterocycles. The predicted molar refractivity (Wildman–Crippen MR) is 69.0 cm³/mol. The van der Waals surface area contributed by atoms with E-state index in [2.05, 4.69) is 22.4 Å². The molecule has 0 unspecified atom stereocenters. The standard InChI is InChI=1S/C14H16N2O/c17-13-7-3-6-12(13)16-14-9-8-10-4-1-2-5-11(10)15-14/h1-2,4-5,8-9,12-13,17H,3,6-7H2,(H,15,16)/t12-,13-/m0/s1. The number of aliphatic hydroxyl groups excluding tert-OH is 1. The van der Waals surface area contributed by atoms with Crippen molar-refractivity contribution >= 4 is 16.7 Å². The number of benzene rings is 1. The molecule has 17 heavy (non-hydrogen) atoms. The molecule has 0 saturated heterocycles. The number of aliphatic hydroxyl groups is 1. The molecule has 1 heterocycles. The fourth-order valence-electron chi connectivity index (χ4n) is 2.45. The second-order valence-corrected chi connectivity index (χ2v) is 4.64. The minimum Gasteiger partial charge on any atom is -0.391 e. The van der Waals surface area contributed by atoms with Gasteiger partial charge < -0.3 is 10.4 Å². The predicted octanol–water partition coefficient (Wildman–Crippen LogP) is 2.56. The van der Waals surface area contributed by atoms with E-state index in [0.29, 0.717) is 0 Å². The Kier molecular flexibility index (Phi) is 2.69. The summed E-state index contributed by atoms with van der Waals surface area (Å²) in [7, 11) is 0. The first-order chi connectivity index (χ1) is 8.33. The third-order valence-corrected chi connectivity index (χ3v) is 3.41. The van der Waals surface area contributed by atoms with Crippen LogP contribution in [0.25, 0.3) is 10.9 Å². The van der Waals surface area contributed by atoms with E-state index in [9.17, 15) is 5.11 Å². The molecule has 1 aliphatic carbocycles. The Labute approximate surface area is 100 Å². The van der Waals surface area contributed by atoms with E-state index in [4.69, 9.17) is 0 Å². The van der Waals surface area contributed by atoms with Crippen molar-refractivity contribution in [3.63, 3.8) is 0 Å². The zero-order valence-corrected chi connectivity index (χ0v) is 9.63. The van der Waals surface area contributed by atoms with E-state index in [1.165, 1.54) is 0 Å². The number of aromatic nitrogens is 1. The maximum Gasteiger partial charge on any atom is 0.126 e. The van der Waals surface area contributed by atoms with Crippen LogP contribution in [0, 0.1) is 0 Å². The number of nitrogens with zero attached hydrogens (tertiary/aromatic N) is 1. The van der Waals surface area contributed by atoms with E-state index in [0.717, 1.165) is 36.0 Å². The van der Waals surface area contributed by atoms with E-state index in [-0.39, 0.29) is 12.1 Å². The normalized spacial score (nSPS) is 24.1. The van der Waals surface area contributed by atoms with Crippen molar-refractivity contribution in [3.05, 3.63) is 36.4 Å². The Morgan fingerprint density at radius 1 is 1.12 bits per heavy atom. The summed E-state index contributed by atoms with van der Waals surface area (Å²) >= 11 is 0. The van der Waals surface area contributed by atoms with Gasteiger partial charge in [0.15, 0.2) is 0 Å². The molecule has 3 heteroatoms. The number of hydrogen-bond acceptors (Lipinski definition) is 3. The van der Waals surface area contributed by atoms with Gasteiger partial charge in [0, 0.05) is 5.39 Å². The van der Waals surface area contributed by atoms with E-state index >= 15 is 0 Å². The highest BCUT2D eigenvalue weighted by atomic mass is 16.3. The first-order valence-electron chi connectivity index (χ1n) is 6.13. The number of para-hydroxylation sites is 1. The van der Waals surface area contributed by atoms with Gasteiger partial charge in [-0.05, 0) is 37.5 Å². The van der Waals surface area contributed by atoms with Crippen molar-refractivity contribution in [1.29, 1.82) is 0 Å². The van der Waals surface area contributed by atoms with Gasteiger partial charge in [-0.25, -0.2) is 4.98 Å². The Morgan fingerprint density at radius 2 is 2.00 bits per heavy atom. The van der Waals surface area contributed by atoms with Crippen LogP contribution in [0.3, 0.4) is 0 Å². The van der Waals surface area contributed by atoms with Gasteiger partial charge in [-0.15, -0.1) is 0 Å². The maximum absolute atomic E-state index is 9.77. The highest BCUT2D eigenvalue weighted by Crippen LogP contribution is 2.23. The van der Waals surface area contributed by atoms with Gasteiger partial charge in [-0.1, -0.05) is 18.2 Å². The monoisotopic (exact) mass is 228 g/mol. The summed E-state index contributed by atoms with van der Waals surface area (Å²) < 4.78 is 0. The minimum absolute atomic E-state index is 0.156. The minimum atomic E-state index is -0.233. The van der Waals surface area contributed by atoms with Gasteiger partial charge >= 0.3 is 0 Å². The lowest BCUT2D eigenvalue weighted by atomic mass is 10.2. The number of rotatable bonds is 2. The molecule has 2 atom stereocenters. The zero-order chi connectivity index (χ0) is 11.7. The van der Waals surface area contributed by atoms with Crippen LogP contribution in [0.1, 0.15) is 19.3 Å². The molecule has 1 fully saturated rings. The van der Waals surface area contributed by atoms with Crippen molar-refractivity contribution < 1.29 is 5.11 Å². The average Bonchev–Trinajstić information content (AvgIpc) is 2.75. The summed E-state index contributed by atoms with van der Waals surface area (Å²) in [5, 5.41) is 14.2. The summed E-state index contributed by atoms with van der Waals surface area (Å²) in [6.07, 6.45) is 2.77. The Morgan fingerprint density at radius 3 is 2.82 bits per heavy atom. The van der Waals surface area contributed by atoms with Crippen molar-refractivity contribution in [2.24, 2.45) is 0 Å². The van der Waals surface area contributed by atoms with Crippen molar-refractivity contribution in [1.82, 2.24) is 4.98 Å². The molecule has 0 spiro atoms. The fourth-order valence-corrected chi connectivity index (χ4v) is 2.45. The van der Waals surface area contributed by atoms with Crippen LogP contribution < -0.4 is 5.32 Å². The SMILES string of the molecule is O[C@H]1CCC[C@@H]1Nc1ccc2ccccc2n1. The second kappa shape index (κ2) is 4.34. The molecule has 88 valence electrons. The quantitative estimate of drug-likeness (QED) is 0.830. The van der Waals surface area contributed by atoms with Crippen LogP contribution >= 0.6 is 0 Å². The molecule has 3 rings (SSSR count). The third kappa shape index (κ3) is 2.11. The van der Waals surface area contributed by atoms with Gasteiger partial charge in [-0.3, -0.25) is 0 Å². The van der Waals surface area contributed by atoms with Crippen molar-refractivity contribution in [3.8, 4) is 0 Å². The molecule has 1 saturated carbocycles. The van der Waals surface area contributed by atoms with Gasteiger partial charge in [0.2, 0.25) is 0 Å². The Hall–Kier alpha value is -1.61. The summed E-state index contributed by atoms with van der Waals surface area (Å²) in [4.78, 5) is 4.55. The topological polar surface area (TPSA) is 45.1 Å². The molecular weight excluding hydrogens is 212 g/mol. The molecule has 2 aromatic rings. The number of hydrogen-bond donors (Lipinski definition) is 2. The van der Waals surface area contributed by atoms with Gasteiger partial charge in [0.05, 0.1) is 17.7 Å². The first-order valence-corrected chi connectivity index (χ1v) is 6.13. The molecule has 0 radical (unpaired) electrons. The lowest BCUT2D eigenvalue weighted by molar-refractivity contribution is 0.171. The molecule has 1 aromatic carbocycles. The summed E-state index contributed by atoms with van der Waals surface area (Å²) in [6.45, 7) is 0. The Bertz CT molecular complexity index is 526. The Balaban J connectivity index is 1.85. The van der Waals surface area contributed by atoms with E-state index < -0.39 is 0 Å². The average molecular weight is 228 g/mol. The third-order valence-electron chi connectivity index (χ3n) is 3.41. The zero-order valence-electron chi connectivity index (χ0n) is 9.63. The molecule has 3 nitrogen and oxygen atoms in total. The molecular formula is C14H16N2O. The number of pyridine rings is 1. The van der Waals surface area contributed by atoms with Gasteiger partial charge in [0.25, 0.3) is 0 Å². The maximum atomic E-state index is 9.77. The van der Waals surface area contributed by atoms with E-state index in [1.54, 1.807) is 0 Å². The number of anilines is 1. The molecule has 0 amide bonds. The molecule has 0 bridgehead atoms. The van der Waals surface area contributed by atoms with Crippen LogP contribution in [0.15, 0.2) is 36.4 Å². The first kappa shape index (κ1) is 10.5. The summed E-state index contributed by atoms with van der Waals surface area (Å²) in [6, 6.07) is 12.3. The smallest absolute Gasteiger partial charge is 0.126 e. The molecule has 2 N–H and O–H groups in total. The van der Waals surface area contributed by atoms with E-state index in [1.807, 2.05) is 24.3 Å². The van der Waals surface area contributed by atoms with Crippen molar-refractivity contribution in [2.45, 2.75) is 31.4 Å².